The minimum Gasteiger partial charge on any atom is -0.0837 e. The summed E-state index contributed by atoms with van der Waals surface area (Å²) in [6.45, 7) is 4.42. The minimum absolute atomic E-state index is 0.370. The van der Waals surface area contributed by atoms with E-state index in [1.54, 1.807) is 0 Å². The molecule has 0 bridgehead atoms. The first-order valence-corrected chi connectivity index (χ1v) is 6.72. The molecule has 0 spiro atoms. The summed E-state index contributed by atoms with van der Waals surface area (Å²) in [5, 5.41) is 3.19. The molecule has 2 aromatic rings. The highest BCUT2D eigenvalue weighted by Gasteiger charge is 2.15. The summed E-state index contributed by atoms with van der Waals surface area (Å²) in [4.78, 5) is 0.370. The Balaban J connectivity index is 2.67. The van der Waals surface area contributed by atoms with E-state index in [1.807, 2.05) is 12.1 Å². The smallest absolute Gasteiger partial charge is 0.0484 e. The Bertz CT molecular complexity index is 505. The lowest BCUT2D eigenvalue weighted by Crippen LogP contribution is -1.99. The molecule has 2 rings (SSSR count). The zero-order chi connectivity index (χ0) is 11.7. The molecule has 2 heteroatoms. The summed E-state index contributed by atoms with van der Waals surface area (Å²) in [6.07, 6.45) is 0. The van der Waals surface area contributed by atoms with Crippen LogP contribution in [0.4, 0.5) is 0 Å². The summed E-state index contributed by atoms with van der Waals surface area (Å²) in [7, 11) is 0. The van der Waals surface area contributed by atoms with E-state index in [0.717, 1.165) is 10.4 Å². The van der Waals surface area contributed by atoms with Gasteiger partial charge in [-0.1, -0.05) is 71.7 Å². The Morgan fingerprint density at radius 3 is 2.25 bits per heavy atom. The molecule has 0 aliphatic heterocycles. The van der Waals surface area contributed by atoms with Crippen molar-refractivity contribution >= 4 is 38.3 Å². The third-order valence-corrected chi connectivity index (χ3v) is 4.67. The molecule has 0 radical (unpaired) electrons. The lowest BCUT2D eigenvalue weighted by molar-refractivity contribution is 0.644. The highest BCUT2D eigenvalue weighted by atomic mass is 79.9. The average Bonchev–Trinajstić information content (AvgIpc) is 2.29. The van der Waals surface area contributed by atoms with Crippen molar-refractivity contribution in [1.29, 1.82) is 0 Å². The molecule has 0 fully saturated rings. The van der Waals surface area contributed by atoms with Gasteiger partial charge in [-0.3, -0.25) is 0 Å². The quantitative estimate of drug-likeness (QED) is 0.634. The van der Waals surface area contributed by atoms with Crippen molar-refractivity contribution in [1.82, 2.24) is 0 Å². The molecule has 0 aliphatic carbocycles. The van der Waals surface area contributed by atoms with E-state index in [0.29, 0.717) is 10.7 Å². The van der Waals surface area contributed by atoms with Crippen molar-refractivity contribution in [2.75, 3.05) is 0 Å². The van der Waals surface area contributed by atoms with Crippen LogP contribution in [0.15, 0.2) is 36.4 Å². The largest absolute Gasteiger partial charge is 0.0837 e. The monoisotopic (exact) mass is 296 g/mol. The van der Waals surface area contributed by atoms with Gasteiger partial charge in [0.1, 0.15) is 0 Å². The maximum Gasteiger partial charge on any atom is 0.0484 e. The van der Waals surface area contributed by atoms with Crippen LogP contribution in [0.1, 0.15) is 24.2 Å². The van der Waals surface area contributed by atoms with Gasteiger partial charge in [-0.15, -0.1) is 0 Å². The van der Waals surface area contributed by atoms with E-state index in [-0.39, 0.29) is 0 Å². The Morgan fingerprint density at radius 1 is 1.00 bits per heavy atom. The maximum atomic E-state index is 6.20. The second-order valence-corrected chi connectivity index (χ2v) is 5.72. The van der Waals surface area contributed by atoms with Gasteiger partial charge in [-0.05, 0) is 22.9 Å². The van der Waals surface area contributed by atoms with Crippen molar-refractivity contribution in [2.45, 2.75) is 18.7 Å². The van der Waals surface area contributed by atoms with Crippen molar-refractivity contribution in [3.63, 3.8) is 0 Å². The molecule has 0 N–H and O–H groups in total. The zero-order valence-electron chi connectivity index (χ0n) is 9.37. The van der Waals surface area contributed by atoms with Crippen LogP contribution >= 0.6 is 27.5 Å². The van der Waals surface area contributed by atoms with Crippen molar-refractivity contribution in [2.24, 2.45) is 5.92 Å². The fourth-order valence-electron chi connectivity index (χ4n) is 1.89. The lowest BCUT2D eigenvalue weighted by Gasteiger charge is -2.17. The highest BCUT2D eigenvalue weighted by Crippen LogP contribution is 2.37. The third kappa shape index (κ3) is 2.11. The molecule has 0 amide bonds. The first kappa shape index (κ1) is 11.9. The summed E-state index contributed by atoms with van der Waals surface area (Å²) in [6, 6.07) is 12.4. The third-order valence-electron chi connectivity index (χ3n) is 2.79. The molecular weight excluding hydrogens is 284 g/mol. The van der Waals surface area contributed by atoms with Crippen LogP contribution in [0, 0.1) is 5.92 Å². The van der Waals surface area contributed by atoms with Gasteiger partial charge in [-0.25, -0.2) is 0 Å². The van der Waals surface area contributed by atoms with Gasteiger partial charge in [0.05, 0.1) is 0 Å². The predicted octanol–water partition coefficient (Wildman–Crippen LogP) is 5.59. The number of rotatable bonds is 2. The van der Waals surface area contributed by atoms with Gasteiger partial charge in [0.2, 0.25) is 0 Å². The summed E-state index contributed by atoms with van der Waals surface area (Å²) < 4.78 is 0. The summed E-state index contributed by atoms with van der Waals surface area (Å²) in [5.41, 5.74) is 1.31. The number of fused-ring (bicyclic) bond motifs is 1. The van der Waals surface area contributed by atoms with Crippen LogP contribution in [-0.4, -0.2) is 0 Å². The second-order valence-electron chi connectivity index (χ2n) is 4.33. The number of hydrogen-bond donors (Lipinski definition) is 0. The molecule has 0 saturated carbocycles. The number of alkyl halides is 1. The molecule has 0 aromatic heterocycles. The van der Waals surface area contributed by atoms with Gasteiger partial charge in [0, 0.05) is 15.2 Å². The Hall–Kier alpha value is -0.530. The fraction of sp³-hybridized carbons (Fsp3) is 0.286. The molecular formula is C14H14BrCl. The van der Waals surface area contributed by atoms with Crippen LogP contribution in [0.25, 0.3) is 10.8 Å². The van der Waals surface area contributed by atoms with Gasteiger partial charge in [0.25, 0.3) is 0 Å². The highest BCUT2D eigenvalue weighted by molar-refractivity contribution is 9.09. The molecule has 2 aromatic carbocycles. The molecule has 1 unspecified atom stereocenters. The first-order chi connectivity index (χ1) is 7.61. The molecule has 0 saturated heterocycles. The van der Waals surface area contributed by atoms with Crippen LogP contribution in [0.3, 0.4) is 0 Å². The number of halogens is 2. The van der Waals surface area contributed by atoms with Crippen molar-refractivity contribution < 1.29 is 0 Å². The standard InChI is InChI=1S/C14H14BrCl/c1-9(2)14(15)12-7-8-13(16)11-6-4-3-5-10(11)12/h3-9,14H,1-2H3. The molecule has 1 atom stereocenters. The molecule has 84 valence electrons. The zero-order valence-corrected chi connectivity index (χ0v) is 11.7. The number of benzene rings is 2. The second kappa shape index (κ2) is 4.77. The molecule has 0 nitrogen and oxygen atoms in total. The Labute approximate surface area is 110 Å². The topological polar surface area (TPSA) is 0 Å². The van der Waals surface area contributed by atoms with Crippen molar-refractivity contribution in [3.8, 4) is 0 Å². The SMILES string of the molecule is CC(C)C(Br)c1ccc(Cl)c2ccccc12. The predicted molar refractivity (Wildman–Crippen MR) is 75.5 cm³/mol. The van der Waals surface area contributed by atoms with E-state index < -0.39 is 0 Å². The minimum atomic E-state index is 0.370. The van der Waals surface area contributed by atoms with E-state index in [9.17, 15) is 0 Å². The molecule has 16 heavy (non-hydrogen) atoms. The van der Waals surface area contributed by atoms with Crippen molar-refractivity contribution in [3.05, 3.63) is 47.0 Å². The maximum absolute atomic E-state index is 6.20. The van der Waals surface area contributed by atoms with Gasteiger partial charge >= 0.3 is 0 Å². The lowest BCUT2D eigenvalue weighted by atomic mass is 9.97. The molecule has 0 heterocycles. The van der Waals surface area contributed by atoms with Crippen LogP contribution in [-0.2, 0) is 0 Å². The number of hydrogen-bond acceptors (Lipinski definition) is 0. The normalized spacial score (nSPS) is 13.3. The summed E-state index contributed by atoms with van der Waals surface area (Å²) >= 11 is 9.95. The van der Waals surface area contributed by atoms with E-state index >= 15 is 0 Å². The van der Waals surface area contributed by atoms with Gasteiger partial charge in [-0.2, -0.15) is 0 Å². The van der Waals surface area contributed by atoms with E-state index in [1.165, 1.54) is 10.9 Å². The first-order valence-electron chi connectivity index (χ1n) is 5.42. The van der Waals surface area contributed by atoms with Crippen LogP contribution in [0.2, 0.25) is 5.02 Å². The van der Waals surface area contributed by atoms with E-state index in [2.05, 4.69) is 54.0 Å². The Morgan fingerprint density at radius 2 is 1.62 bits per heavy atom. The summed E-state index contributed by atoms with van der Waals surface area (Å²) in [5.74, 6) is 0.560. The molecule has 0 aliphatic rings. The average molecular weight is 298 g/mol. The van der Waals surface area contributed by atoms with Crippen LogP contribution in [0.5, 0.6) is 0 Å². The van der Waals surface area contributed by atoms with Gasteiger partial charge in [0.15, 0.2) is 0 Å². The van der Waals surface area contributed by atoms with Crippen LogP contribution < -0.4 is 0 Å². The van der Waals surface area contributed by atoms with Gasteiger partial charge < -0.3 is 0 Å². The Kier molecular flexibility index (Phi) is 3.56. The fourth-order valence-corrected chi connectivity index (χ4v) is 2.51. The van der Waals surface area contributed by atoms with E-state index in [4.69, 9.17) is 11.6 Å².